The predicted octanol–water partition coefficient (Wildman–Crippen LogP) is 2.17. The molecule has 2 heteroatoms. The van der Waals surface area contributed by atoms with Crippen LogP contribution in [-0.2, 0) is 4.74 Å². The molecule has 0 bridgehead atoms. The van der Waals surface area contributed by atoms with E-state index in [1.54, 1.807) is 6.26 Å². The number of ether oxygens (including phenoxy) is 1. The van der Waals surface area contributed by atoms with Crippen molar-refractivity contribution in [2.75, 3.05) is 12.5 Å². The monoisotopic (exact) mass is 134 g/mol. The molecule has 0 aliphatic heterocycles. The molecule has 48 valence electrons. The van der Waals surface area contributed by atoms with E-state index in [1.165, 1.54) is 0 Å². The van der Waals surface area contributed by atoms with Gasteiger partial charge in [-0.3, -0.25) is 0 Å². The molecule has 0 atom stereocenters. The lowest BCUT2D eigenvalue weighted by Gasteiger charge is -1.94. The fourth-order valence-electron chi connectivity index (χ4n) is 0.270. The van der Waals surface area contributed by atoms with E-state index in [0.29, 0.717) is 12.5 Å². The van der Waals surface area contributed by atoms with Gasteiger partial charge in [0.1, 0.15) is 6.61 Å². The highest BCUT2D eigenvalue weighted by Gasteiger charge is 1.77. The predicted molar refractivity (Wildman–Crippen MR) is 36.1 cm³/mol. The molecular weight excluding hydrogens is 124 g/mol. The van der Waals surface area contributed by atoms with Crippen molar-refractivity contribution in [2.45, 2.75) is 13.8 Å². The molecule has 0 aromatic heterocycles. The van der Waals surface area contributed by atoms with Crippen molar-refractivity contribution in [3.8, 4) is 0 Å². The van der Waals surface area contributed by atoms with Crippen LogP contribution in [0.1, 0.15) is 13.8 Å². The first-order valence-electron chi connectivity index (χ1n) is 2.58. The summed E-state index contributed by atoms with van der Waals surface area (Å²) in [7, 11) is 0. The molecule has 0 rings (SSSR count). The smallest absolute Gasteiger partial charge is 0.101 e. The van der Waals surface area contributed by atoms with Crippen LogP contribution in [0, 0.1) is 0 Å². The van der Waals surface area contributed by atoms with Crippen LogP contribution in [0.25, 0.3) is 0 Å². The molecular formula is C6H11ClO. The van der Waals surface area contributed by atoms with Crippen LogP contribution in [0.5, 0.6) is 0 Å². The molecule has 1 nitrogen and oxygen atoms in total. The minimum atomic E-state index is 0.559. The van der Waals surface area contributed by atoms with Gasteiger partial charge >= 0.3 is 0 Å². The van der Waals surface area contributed by atoms with Gasteiger partial charge in [-0.15, -0.1) is 11.6 Å². The number of allylic oxidation sites excluding steroid dienone is 1. The second-order valence-corrected chi connectivity index (χ2v) is 2.13. The normalized spacial score (nSPS) is 8.38. The first-order chi connectivity index (χ1) is 3.77. The summed E-state index contributed by atoms with van der Waals surface area (Å²) < 4.78 is 4.95. The third-order valence-electron chi connectivity index (χ3n) is 0.514. The maximum atomic E-state index is 5.33. The van der Waals surface area contributed by atoms with Gasteiger partial charge in [-0.05, 0) is 19.4 Å². The zero-order valence-electron chi connectivity index (χ0n) is 5.28. The maximum absolute atomic E-state index is 5.33. The van der Waals surface area contributed by atoms with Crippen molar-refractivity contribution in [1.82, 2.24) is 0 Å². The largest absolute Gasteiger partial charge is 0.500 e. The highest BCUT2D eigenvalue weighted by Crippen LogP contribution is 1.89. The Kier molecular flexibility index (Phi) is 4.87. The number of halogens is 1. The van der Waals surface area contributed by atoms with Crippen molar-refractivity contribution in [3.05, 3.63) is 11.8 Å². The average Bonchev–Trinajstić information content (AvgIpc) is 1.66. The van der Waals surface area contributed by atoms with Gasteiger partial charge in [0.2, 0.25) is 0 Å². The molecule has 0 aliphatic carbocycles. The molecule has 0 aromatic rings. The van der Waals surface area contributed by atoms with Crippen molar-refractivity contribution < 1.29 is 4.74 Å². The summed E-state index contributed by atoms with van der Waals surface area (Å²) in [5.41, 5.74) is 1.16. The SMILES string of the molecule is CC(C)=COCCCl. The van der Waals surface area contributed by atoms with Crippen LogP contribution in [-0.4, -0.2) is 12.5 Å². The van der Waals surface area contributed by atoms with E-state index in [4.69, 9.17) is 16.3 Å². The summed E-state index contributed by atoms with van der Waals surface area (Å²) in [5.74, 6) is 0.559. The van der Waals surface area contributed by atoms with Crippen LogP contribution in [0.3, 0.4) is 0 Å². The van der Waals surface area contributed by atoms with E-state index < -0.39 is 0 Å². The van der Waals surface area contributed by atoms with Crippen LogP contribution in [0.15, 0.2) is 11.8 Å². The second kappa shape index (κ2) is 4.98. The number of alkyl halides is 1. The Hall–Kier alpha value is -0.170. The summed E-state index contributed by atoms with van der Waals surface area (Å²) in [4.78, 5) is 0. The quantitative estimate of drug-likeness (QED) is 0.327. The van der Waals surface area contributed by atoms with Crippen molar-refractivity contribution >= 4 is 11.6 Å². The lowest BCUT2D eigenvalue weighted by molar-refractivity contribution is 0.268. The fourth-order valence-corrected chi connectivity index (χ4v) is 0.359. The summed E-state index contributed by atoms with van der Waals surface area (Å²) in [6.07, 6.45) is 1.71. The summed E-state index contributed by atoms with van der Waals surface area (Å²) in [6, 6.07) is 0. The van der Waals surface area contributed by atoms with Gasteiger partial charge in [0.15, 0.2) is 0 Å². The molecule has 0 fully saturated rings. The minimum absolute atomic E-state index is 0.559. The number of hydrogen-bond acceptors (Lipinski definition) is 1. The van der Waals surface area contributed by atoms with Crippen LogP contribution >= 0.6 is 11.6 Å². The summed E-state index contributed by atoms with van der Waals surface area (Å²) in [6.45, 7) is 4.56. The first-order valence-corrected chi connectivity index (χ1v) is 3.11. The molecule has 0 radical (unpaired) electrons. The lowest BCUT2D eigenvalue weighted by atomic mass is 10.4. The fraction of sp³-hybridized carbons (Fsp3) is 0.667. The summed E-state index contributed by atoms with van der Waals surface area (Å²) in [5, 5.41) is 0. The Labute approximate surface area is 55.3 Å². The highest BCUT2D eigenvalue weighted by atomic mass is 35.5. The Morgan fingerprint density at radius 1 is 1.62 bits per heavy atom. The molecule has 0 N–H and O–H groups in total. The Morgan fingerprint density at radius 2 is 2.25 bits per heavy atom. The van der Waals surface area contributed by atoms with Gasteiger partial charge in [-0.1, -0.05) is 0 Å². The van der Waals surface area contributed by atoms with Crippen molar-refractivity contribution in [1.29, 1.82) is 0 Å². The molecule has 0 aliphatic rings. The molecule has 0 aromatic carbocycles. The minimum Gasteiger partial charge on any atom is -0.500 e. The van der Waals surface area contributed by atoms with Crippen molar-refractivity contribution in [3.63, 3.8) is 0 Å². The van der Waals surface area contributed by atoms with Gasteiger partial charge in [0, 0.05) is 0 Å². The summed E-state index contributed by atoms with van der Waals surface area (Å²) >= 11 is 5.33. The van der Waals surface area contributed by atoms with E-state index in [2.05, 4.69) is 0 Å². The zero-order valence-corrected chi connectivity index (χ0v) is 6.03. The van der Waals surface area contributed by atoms with Crippen molar-refractivity contribution in [2.24, 2.45) is 0 Å². The lowest BCUT2D eigenvalue weighted by Crippen LogP contribution is -1.86. The van der Waals surface area contributed by atoms with Crippen LogP contribution in [0.2, 0.25) is 0 Å². The van der Waals surface area contributed by atoms with Gasteiger partial charge in [-0.2, -0.15) is 0 Å². The molecule has 0 amide bonds. The van der Waals surface area contributed by atoms with Gasteiger partial charge in [-0.25, -0.2) is 0 Å². The third-order valence-corrected chi connectivity index (χ3v) is 0.668. The second-order valence-electron chi connectivity index (χ2n) is 1.75. The molecule has 0 unspecified atom stereocenters. The van der Waals surface area contributed by atoms with E-state index in [9.17, 15) is 0 Å². The third kappa shape index (κ3) is 5.83. The topological polar surface area (TPSA) is 9.23 Å². The highest BCUT2D eigenvalue weighted by molar-refractivity contribution is 6.17. The molecule has 0 saturated heterocycles. The van der Waals surface area contributed by atoms with E-state index in [0.717, 1.165) is 5.57 Å². The molecule has 0 saturated carbocycles. The first kappa shape index (κ1) is 7.83. The zero-order chi connectivity index (χ0) is 6.41. The van der Waals surface area contributed by atoms with E-state index in [1.807, 2.05) is 13.8 Å². The molecule has 0 heterocycles. The van der Waals surface area contributed by atoms with E-state index in [-0.39, 0.29) is 0 Å². The van der Waals surface area contributed by atoms with Gasteiger partial charge in [0.25, 0.3) is 0 Å². The van der Waals surface area contributed by atoms with Crippen LogP contribution < -0.4 is 0 Å². The van der Waals surface area contributed by atoms with Crippen LogP contribution in [0.4, 0.5) is 0 Å². The molecule has 0 spiro atoms. The Morgan fingerprint density at radius 3 is 2.62 bits per heavy atom. The van der Waals surface area contributed by atoms with E-state index >= 15 is 0 Å². The standard InChI is InChI=1S/C6H11ClO/c1-6(2)5-8-4-3-7/h5H,3-4H2,1-2H3. The van der Waals surface area contributed by atoms with Gasteiger partial charge in [0.05, 0.1) is 12.1 Å². The maximum Gasteiger partial charge on any atom is 0.101 e. The number of rotatable bonds is 3. The number of hydrogen-bond donors (Lipinski definition) is 0. The molecule has 8 heavy (non-hydrogen) atoms. The average molecular weight is 135 g/mol. The van der Waals surface area contributed by atoms with Gasteiger partial charge < -0.3 is 4.74 Å². The Balaban J connectivity index is 3.03. The Bertz CT molecular complexity index is 74.6.